The number of nitrogens with zero attached hydrogens (tertiary/aromatic N) is 4. The quantitative estimate of drug-likeness (QED) is 0.260. The van der Waals surface area contributed by atoms with Crippen LogP contribution in [-0.4, -0.2) is 44.3 Å². The van der Waals surface area contributed by atoms with Crippen LogP contribution >= 0.6 is 0 Å². The molecule has 5 heteroatoms. The van der Waals surface area contributed by atoms with Crippen molar-refractivity contribution < 1.29 is 4.74 Å². The van der Waals surface area contributed by atoms with Gasteiger partial charge in [0, 0.05) is 18.0 Å². The van der Waals surface area contributed by atoms with Crippen LogP contribution < -0.4 is 0 Å². The second-order valence-corrected chi connectivity index (χ2v) is 3.53. The summed E-state index contributed by atoms with van der Waals surface area (Å²) in [5.41, 5.74) is 8.06. The van der Waals surface area contributed by atoms with Crippen molar-refractivity contribution in [1.82, 2.24) is 4.90 Å². The lowest BCUT2D eigenvalue weighted by molar-refractivity contribution is 0.0638. The number of likely N-dealkylation sites (N-methyl/N-ethyl adjacent to an activating group) is 1. The van der Waals surface area contributed by atoms with Crippen LogP contribution in [0, 0.1) is 0 Å². The van der Waals surface area contributed by atoms with Gasteiger partial charge in [-0.05, 0) is 39.4 Å². The van der Waals surface area contributed by atoms with Crippen molar-refractivity contribution in [1.29, 1.82) is 0 Å². The Morgan fingerprint density at radius 1 is 1.43 bits per heavy atom. The number of hydrogen-bond donors (Lipinski definition) is 0. The maximum Gasteiger partial charge on any atom is 0.0596 e. The fourth-order valence-electron chi connectivity index (χ4n) is 1.01. The van der Waals surface area contributed by atoms with Crippen molar-refractivity contribution >= 4 is 0 Å². The highest BCUT2D eigenvalue weighted by Crippen LogP contribution is 1.91. The van der Waals surface area contributed by atoms with Crippen LogP contribution in [-0.2, 0) is 4.74 Å². The SMILES string of the molecule is CC(C)OCCN(C)CCCN=[N+]=[N-]. The van der Waals surface area contributed by atoms with Crippen molar-refractivity contribution in [2.24, 2.45) is 5.11 Å². The van der Waals surface area contributed by atoms with E-state index in [1.54, 1.807) is 0 Å². The molecule has 0 spiro atoms. The van der Waals surface area contributed by atoms with Gasteiger partial charge >= 0.3 is 0 Å². The molecule has 0 aromatic carbocycles. The molecule has 0 saturated carbocycles. The number of rotatable bonds is 8. The molecular formula is C9H20N4O. The first-order chi connectivity index (χ1) is 6.66. The lowest BCUT2D eigenvalue weighted by Gasteiger charge is -2.16. The maximum absolute atomic E-state index is 8.06. The highest BCUT2D eigenvalue weighted by atomic mass is 16.5. The average molecular weight is 200 g/mol. The molecule has 0 heterocycles. The van der Waals surface area contributed by atoms with E-state index in [-0.39, 0.29) is 0 Å². The van der Waals surface area contributed by atoms with Crippen LogP contribution in [0.25, 0.3) is 10.4 Å². The first-order valence-electron chi connectivity index (χ1n) is 4.97. The highest BCUT2D eigenvalue weighted by Gasteiger charge is 1.98. The molecule has 0 fully saturated rings. The zero-order chi connectivity index (χ0) is 10.8. The minimum atomic E-state index is 0.298. The second-order valence-electron chi connectivity index (χ2n) is 3.53. The monoisotopic (exact) mass is 200 g/mol. The second kappa shape index (κ2) is 8.81. The van der Waals surface area contributed by atoms with Gasteiger partial charge in [-0.3, -0.25) is 0 Å². The molecule has 0 aliphatic rings. The number of ether oxygens (including phenoxy) is 1. The summed E-state index contributed by atoms with van der Waals surface area (Å²) < 4.78 is 5.42. The highest BCUT2D eigenvalue weighted by molar-refractivity contribution is 4.54. The van der Waals surface area contributed by atoms with Gasteiger partial charge < -0.3 is 9.64 Å². The Bertz CT molecular complexity index is 178. The van der Waals surface area contributed by atoms with Crippen molar-refractivity contribution in [3.05, 3.63) is 10.4 Å². The maximum atomic E-state index is 8.06. The van der Waals surface area contributed by atoms with Crippen molar-refractivity contribution in [2.75, 3.05) is 33.3 Å². The lowest BCUT2D eigenvalue weighted by atomic mass is 10.4. The van der Waals surface area contributed by atoms with Crippen LogP contribution in [0.4, 0.5) is 0 Å². The molecule has 0 rings (SSSR count). The van der Waals surface area contributed by atoms with Gasteiger partial charge in [0.1, 0.15) is 0 Å². The predicted octanol–water partition coefficient (Wildman–Crippen LogP) is 2.04. The molecular weight excluding hydrogens is 180 g/mol. The molecule has 0 aromatic heterocycles. The molecule has 0 atom stereocenters. The predicted molar refractivity (Wildman–Crippen MR) is 57.2 cm³/mol. The summed E-state index contributed by atoms with van der Waals surface area (Å²) in [5.74, 6) is 0. The largest absolute Gasteiger partial charge is 0.377 e. The molecule has 0 saturated heterocycles. The Morgan fingerprint density at radius 2 is 2.14 bits per heavy atom. The summed E-state index contributed by atoms with van der Waals surface area (Å²) >= 11 is 0. The van der Waals surface area contributed by atoms with Gasteiger partial charge in [-0.15, -0.1) is 0 Å². The van der Waals surface area contributed by atoms with E-state index in [1.807, 2.05) is 20.9 Å². The molecule has 0 N–H and O–H groups in total. The van der Waals surface area contributed by atoms with Gasteiger partial charge in [-0.1, -0.05) is 5.11 Å². The first kappa shape index (κ1) is 13.2. The van der Waals surface area contributed by atoms with E-state index < -0.39 is 0 Å². The molecule has 0 aromatic rings. The topological polar surface area (TPSA) is 61.2 Å². The third-order valence-corrected chi connectivity index (χ3v) is 1.79. The van der Waals surface area contributed by atoms with Gasteiger partial charge in [0.15, 0.2) is 0 Å². The summed E-state index contributed by atoms with van der Waals surface area (Å²) in [5, 5.41) is 3.47. The van der Waals surface area contributed by atoms with Gasteiger partial charge in [-0.2, -0.15) is 0 Å². The molecule has 0 amide bonds. The lowest BCUT2D eigenvalue weighted by Crippen LogP contribution is -2.25. The third-order valence-electron chi connectivity index (χ3n) is 1.79. The fourth-order valence-corrected chi connectivity index (χ4v) is 1.01. The van der Waals surface area contributed by atoms with E-state index in [4.69, 9.17) is 10.3 Å². The van der Waals surface area contributed by atoms with Gasteiger partial charge in [0.05, 0.1) is 12.7 Å². The smallest absolute Gasteiger partial charge is 0.0596 e. The Kier molecular flexibility index (Phi) is 8.33. The zero-order valence-corrected chi connectivity index (χ0v) is 9.31. The van der Waals surface area contributed by atoms with E-state index in [2.05, 4.69) is 14.9 Å². The first-order valence-corrected chi connectivity index (χ1v) is 4.97. The van der Waals surface area contributed by atoms with Crippen LogP contribution in [0.2, 0.25) is 0 Å². The zero-order valence-electron chi connectivity index (χ0n) is 9.31. The van der Waals surface area contributed by atoms with Crippen molar-refractivity contribution in [3.8, 4) is 0 Å². The van der Waals surface area contributed by atoms with Crippen LogP contribution in [0.1, 0.15) is 20.3 Å². The Balaban J connectivity index is 3.27. The summed E-state index contributed by atoms with van der Waals surface area (Å²) in [6.45, 7) is 7.26. The van der Waals surface area contributed by atoms with Gasteiger partial charge in [-0.25, -0.2) is 0 Å². The molecule has 0 aliphatic carbocycles. The van der Waals surface area contributed by atoms with E-state index in [9.17, 15) is 0 Å². The van der Waals surface area contributed by atoms with Crippen molar-refractivity contribution in [2.45, 2.75) is 26.4 Å². The normalized spacial score (nSPS) is 10.6. The van der Waals surface area contributed by atoms with Gasteiger partial charge in [0.2, 0.25) is 0 Å². The fraction of sp³-hybridized carbons (Fsp3) is 1.00. The minimum absolute atomic E-state index is 0.298. The standard InChI is InChI=1S/C9H20N4O/c1-9(2)14-8-7-13(3)6-4-5-11-12-10/h9H,4-8H2,1-3H3. The van der Waals surface area contributed by atoms with E-state index in [0.29, 0.717) is 12.6 Å². The molecule has 82 valence electrons. The van der Waals surface area contributed by atoms with Crippen molar-refractivity contribution in [3.63, 3.8) is 0 Å². The van der Waals surface area contributed by atoms with E-state index in [0.717, 1.165) is 26.1 Å². The Labute approximate surface area is 85.7 Å². The molecule has 14 heavy (non-hydrogen) atoms. The molecule has 0 radical (unpaired) electrons. The van der Waals surface area contributed by atoms with Crippen LogP contribution in [0.5, 0.6) is 0 Å². The van der Waals surface area contributed by atoms with Crippen LogP contribution in [0.15, 0.2) is 5.11 Å². The van der Waals surface area contributed by atoms with Crippen LogP contribution in [0.3, 0.4) is 0 Å². The number of hydrogen-bond acceptors (Lipinski definition) is 3. The third kappa shape index (κ3) is 9.32. The number of azide groups is 1. The molecule has 5 nitrogen and oxygen atoms in total. The summed E-state index contributed by atoms with van der Waals surface area (Å²) in [6, 6.07) is 0. The molecule has 0 bridgehead atoms. The average Bonchev–Trinajstić information content (AvgIpc) is 2.12. The summed E-state index contributed by atoms with van der Waals surface area (Å²) in [7, 11) is 2.04. The summed E-state index contributed by atoms with van der Waals surface area (Å²) in [4.78, 5) is 4.88. The van der Waals surface area contributed by atoms with E-state index >= 15 is 0 Å². The Morgan fingerprint density at radius 3 is 2.71 bits per heavy atom. The van der Waals surface area contributed by atoms with Gasteiger partial charge in [0.25, 0.3) is 0 Å². The minimum Gasteiger partial charge on any atom is -0.377 e. The molecule has 0 aliphatic heterocycles. The Hall–Kier alpha value is -0.770. The van der Waals surface area contributed by atoms with E-state index in [1.165, 1.54) is 0 Å². The molecule has 0 unspecified atom stereocenters. The summed E-state index contributed by atoms with van der Waals surface area (Å²) in [6.07, 6.45) is 1.20.